The van der Waals surface area contributed by atoms with Crippen molar-refractivity contribution in [1.82, 2.24) is 0 Å². The van der Waals surface area contributed by atoms with Crippen LogP contribution >= 0.6 is 0 Å². The Hall–Kier alpha value is -1.09. The van der Waals surface area contributed by atoms with Crippen LogP contribution in [0.1, 0.15) is 33.1 Å². The number of benzene rings is 1. The monoisotopic (exact) mass is 238 g/mol. The van der Waals surface area contributed by atoms with Gasteiger partial charge >= 0.3 is 0 Å². The largest absolute Gasteiger partial charge is 0.372 e. The SMILES string of the molecule is CCN(CCCCC(C)N)c1ccc(F)cc1. The van der Waals surface area contributed by atoms with Gasteiger partial charge in [0.1, 0.15) is 5.82 Å². The second kappa shape index (κ2) is 7.28. The molecule has 0 aliphatic heterocycles. The molecule has 0 spiro atoms. The zero-order valence-corrected chi connectivity index (χ0v) is 10.8. The fraction of sp³-hybridized carbons (Fsp3) is 0.571. The molecule has 17 heavy (non-hydrogen) atoms. The van der Waals surface area contributed by atoms with Crippen molar-refractivity contribution >= 4 is 5.69 Å². The highest BCUT2D eigenvalue weighted by molar-refractivity contribution is 5.45. The van der Waals surface area contributed by atoms with Crippen molar-refractivity contribution in [3.8, 4) is 0 Å². The smallest absolute Gasteiger partial charge is 0.123 e. The van der Waals surface area contributed by atoms with Crippen LogP contribution in [0.4, 0.5) is 10.1 Å². The first-order valence-corrected chi connectivity index (χ1v) is 6.39. The fourth-order valence-corrected chi connectivity index (χ4v) is 1.89. The minimum Gasteiger partial charge on any atom is -0.372 e. The van der Waals surface area contributed by atoms with Gasteiger partial charge in [0, 0.05) is 24.8 Å². The molecule has 96 valence electrons. The van der Waals surface area contributed by atoms with Crippen molar-refractivity contribution in [2.75, 3.05) is 18.0 Å². The van der Waals surface area contributed by atoms with Crippen LogP contribution in [0, 0.1) is 5.82 Å². The van der Waals surface area contributed by atoms with Gasteiger partial charge in [0.2, 0.25) is 0 Å². The molecule has 1 atom stereocenters. The minimum atomic E-state index is -0.179. The van der Waals surface area contributed by atoms with Crippen LogP contribution in [-0.2, 0) is 0 Å². The Labute approximate surface area is 104 Å². The van der Waals surface area contributed by atoms with Crippen molar-refractivity contribution in [2.45, 2.75) is 39.2 Å². The molecule has 0 fully saturated rings. The number of nitrogens with zero attached hydrogens (tertiary/aromatic N) is 1. The molecule has 2 nitrogen and oxygen atoms in total. The Balaban J connectivity index is 2.40. The minimum absolute atomic E-state index is 0.179. The van der Waals surface area contributed by atoms with Crippen LogP contribution in [0.15, 0.2) is 24.3 Å². The maximum absolute atomic E-state index is 12.8. The molecule has 0 saturated heterocycles. The summed E-state index contributed by atoms with van der Waals surface area (Å²) in [5.41, 5.74) is 6.81. The van der Waals surface area contributed by atoms with Crippen LogP contribution in [0.3, 0.4) is 0 Å². The first-order chi connectivity index (χ1) is 8.13. The van der Waals surface area contributed by atoms with E-state index in [4.69, 9.17) is 5.73 Å². The molecule has 1 rings (SSSR count). The normalized spacial score (nSPS) is 12.5. The molecule has 1 aromatic carbocycles. The number of halogens is 1. The van der Waals surface area contributed by atoms with E-state index in [2.05, 4.69) is 11.8 Å². The number of anilines is 1. The summed E-state index contributed by atoms with van der Waals surface area (Å²) in [4.78, 5) is 2.26. The lowest BCUT2D eigenvalue weighted by molar-refractivity contribution is 0.590. The molecular formula is C14H23FN2. The molecule has 0 aliphatic carbocycles. The lowest BCUT2D eigenvalue weighted by Gasteiger charge is -2.23. The molecule has 0 aromatic heterocycles. The molecule has 0 amide bonds. The van der Waals surface area contributed by atoms with Crippen molar-refractivity contribution < 1.29 is 4.39 Å². The molecule has 0 radical (unpaired) electrons. The quantitative estimate of drug-likeness (QED) is 0.739. The number of hydrogen-bond acceptors (Lipinski definition) is 2. The molecule has 2 N–H and O–H groups in total. The topological polar surface area (TPSA) is 29.3 Å². The average molecular weight is 238 g/mol. The first-order valence-electron chi connectivity index (χ1n) is 6.39. The van der Waals surface area contributed by atoms with E-state index in [1.54, 1.807) is 0 Å². The molecule has 0 heterocycles. The molecule has 1 unspecified atom stereocenters. The van der Waals surface area contributed by atoms with E-state index in [0.717, 1.165) is 38.0 Å². The van der Waals surface area contributed by atoms with E-state index < -0.39 is 0 Å². The summed E-state index contributed by atoms with van der Waals surface area (Å²) in [6.45, 7) is 6.12. The standard InChI is InChI=1S/C14H23FN2/c1-3-17(11-5-4-6-12(2)16)14-9-7-13(15)8-10-14/h7-10,12H,3-6,11,16H2,1-2H3. The summed E-state index contributed by atoms with van der Waals surface area (Å²) in [7, 11) is 0. The molecule has 0 bridgehead atoms. The van der Waals surface area contributed by atoms with Crippen LogP contribution in [0.25, 0.3) is 0 Å². The van der Waals surface area contributed by atoms with Gasteiger partial charge in [-0.1, -0.05) is 6.42 Å². The highest BCUT2D eigenvalue weighted by Gasteiger charge is 2.04. The van der Waals surface area contributed by atoms with Crippen LogP contribution in [0.2, 0.25) is 0 Å². The summed E-state index contributed by atoms with van der Waals surface area (Å²) < 4.78 is 12.8. The fourth-order valence-electron chi connectivity index (χ4n) is 1.89. The van der Waals surface area contributed by atoms with Gasteiger partial charge in [-0.3, -0.25) is 0 Å². The van der Waals surface area contributed by atoms with Gasteiger partial charge in [-0.15, -0.1) is 0 Å². The van der Waals surface area contributed by atoms with E-state index >= 15 is 0 Å². The lowest BCUT2D eigenvalue weighted by Crippen LogP contribution is -2.24. The zero-order chi connectivity index (χ0) is 12.7. The van der Waals surface area contributed by atoms with Crippen LogP contribution in [-0.4, -0.2) is 19.1 Å². The van der Waals surface area contributed by atoms with Gasteiger partial charge in [0.15, 0.2) is 0 Å². The molecule has 0 aliphatic rings. The van der Waals surface area contributed by atoms with Gasteiger partial charge in [-0.2, -0.15) is 0 Å². The summed E-state index contributed by atoms with van der Waals surface area (Å²) in [6, 6.07) is 6.99. The third-order valence-electron chi connectivity index (χ3n) is 2.91. The zero-order valence-electron chi connectivity index (χ0n) is 10.8. The van der Waals surface area contributed by atoms with Crippen molar-refractivity contribution in [2.24, 2.45) is 5.73 Å². The summed E-state index contributed by atoms with van der Waals surface area (Å²) >= 11 is 0. The van der Waals surface area contributed by atoms with Crippen molar-refractivity contribution in [3.05, 3.63) is 30.1 Å². The third kappa shape index (κ3) is 5.18. The molecule has 3 heteroatoms. The number of unbranched alkanes of at least 4 members (excludes halogenated alkanes) is 1. The average Bonchev–Trinajstić information content (AvgIpc) is 2.30. The predicted molar refractivity (Wildman–Crippen MR) is 71.8 cm³/mol. The van der Waals surface area contributed by atoms with Gasteiger partial charge in [0.05, 0.1) is 0 Å². The predicted octanol–water partition coefficient (Wildman–Crippen LogP) is 3.17. The Bertz CT molecular complexity index is 309. The molecular weight excluding hydrogens is 215 g/mol. The van der Waals surface area contributed by atoms with E-state index in [1.165, 1.54) is 12.1 Å². The van der Waals surface area contributed by atoms with Crippen molar-refractivity contribution in [3.63, 3.8) is 0 Å². The number of rotatable bonds is 7. The first kappa shape index (κ1) is 14.0. The Morgan fingerprint density at radius 2 is 1.88 bits per heavy atom. The van der Waals surface area contributed by atoms with Crippen LogP contribution in [0.5, 0.6) is 0 Å². The van der Waals surface area contributed by atoms with Crippen molar-refractivity contribution in [1.29, 1.82) is 0 Å². The van der Waals surface area contributed by atoms with Gasteiger partial charge in [0.25, 0.3) is 0 Å². The molecule has 1 aromatic rings. The number of hydrogen-bond donors (Lipinski definition) is 1. The van der Waals surface area contributed by atoms with Crippen LogP contribution < -0.4 is 10.6 Å². The van der Waals surface area contributed by atoms with Gasteiger partial charge < -0.3 is 10.6 Å². The second-order valence-electron chi connectivity index (χ2n) is 4.53. The Morgan fingerprint density at radius 1 is 1.24 bits per heavy atom. The maximum Gasteiger partial charge on any atom is 0.123 e. The summed E-state index contributed by atoms with van der Waals surface area (Å²) in [5.74, 6) is -0.179. The highest BCUT2D eigenvalue weighted by atomic mass is 19.1. The summed E-state index contributed by atoms with van der Waals surface area (Å²) in [5, 5.41) is 0. The number of nitrogens with two attached hydrogens (primary N) is 1. The highest BCUT2D eigenvalue weighted by Crippen LogP contribution is 2.15. The Kier molecular flexibility index (Phi) is 5.98. The molecule has 0 saturated carbocycles. The van der Waals surface area contributed by atoms with Gasteiger partial charge in [-0.25, -0.2) is 4.39 Å². The van der Waals surface area contributed by atoms with Gasteiger partial charge in [-0.05, 0) is 51.0 Å². The summed E-state index contributed by atoms with van der Waals surface area (Å²) in [6.07, 6.45) is 3.35. The third-order valence-corrected chi connectivity index (χ3v) is 2.91. The van der Waals surface area contributed by atoms with E-state index in [9.17, 15) is 4.39 Å². The second-order valence-corrected chi connectivity index (χ2v) is 4.53. The van der Waals surface area contributed by atoms with E-state index in [0.29, 0.717) is 0 Å². The van der Waals surface area contributed by atoms with E-state index in [1.807, 2.05) is 19.1 Å². The lowest BCUT2D eigenvalue weighted by atomic mass is 10.1. The Morgan fingerprint density at radius 3 is 2.41 bits per heavy atom. The van der Waals surface area contributed by atoms with E-state index in [-0.39, 0.29) is 11.9 Å². The maximum atomic E-state index is 12.8.